The fraction of sp³-hybridized carbons (Fsp3) is 0.750. The zero-order valence-corrected chi connectivity index (χ0v) is 23.0. The van der Waals surface area contributed by atoms with E-state index in [1.165, 1.54) is 69.8 Å². The van der Waals surface area contributed by atoms with Crippen LogP contribution >= 0.6 is 0 Å². The van der Waals surface area contributed by atoms with Gasteiger partial charge in [0.2, 0.25) is 0 Å². The third-order valence-corrected chi connectivity index (χ3v) is 7.51. The molecule has 0 bridgehead atoms. The van der Waals surface area contributed by atoms with Gasteiger partial charge in [-0.1, -0.05) is 95.1 Å². The van der Waals surface area contributed by atoms with Crippen LogP contribution in [-0.4, -0.2) is 0 Å². The molecule has 0 aliphatic heterocycles. The van der Waals surface area contributed by atoms with Crippen molar-refractivity contribution in [2.45, 2.75) is 120 Å². The predicted molar refractivity (Wildman–Crippen MR) is 147 cm³/mol. The van der Waals surface area contributed by atoms with E-state index in [-0.39, 0.29) is 0 Å². The monoisotopic (exact) mass is 440 g/mol. The molecule has 184 valence electrons. The van der Waals surface area contributed by atoms with Crippen LogP contribution < -0.4 is 0 Å². The highest BCUT2D eigenvalue weighted by Gasteiger charge is 2.30. The Morgan fingerprint density at radius 3 is 1.81 bits per heavy atom. The molecule has 0 radical (unpaired) electrons. The van der Waals surface area contributed by atoms with Crippen LogP contribution in [0.1, 0.15) is 120 Å². The highest BCUT2D eigenvalue weighted by Crippen LogP contribution is 2.42. The van der Waals surface area contributed by atoms with Crippen LogP contribution in [0.5, 0.6) is 0 Å². The van der Waals surface area contributed by atoms with Crippen LogP contribution in [0.3, 0.4) is 0 Å². The minimum atomic E-state index is 0.584. The van der Waals surface area contributed by atoms with Gasteiger partial charge in [-0.25, -0.2) is 0 Å². The number of hydrogen-bond donors (Lipinski definition) is 0. The maximum atomic E-state index is 2.54. The number of hydrogen-bond acceptors (Lipinski definition) is 0. The van der Waals surface area contributed by atoms with Crippen molar-refractivity contribution in [1.82, 2.24) is 0 Å². The lowest BCUT2D eigenvalue weighted by molar-refractivity contribution is 0.152. The molecule has 2 rings (SSSR count). The zero-order chi connectivity index (χ0) is 23.9. The zero-order valence-electron chi connectivity index (χ0n) is 23.0. The first kappa shape index (κ1) is 29.0. The molecule has 0 heteroatoms. The summed E-state index contributed by atoms with van der Waals surface area (Å²) in [6.07, 6.45) is 28.8. The lowest BCUT2D eigenvalue weighted by atomic mass is 9.68. The summed E-state index contributed by atoms with van der Waals surface area (Å²) >= 11 is 0. The molecule has 1 unspecified atom stereocenters. The SMILES string of the molecule is CC.CC(C)=C/C=C(\C)CCC1CCC(C2CCC(/C=C/C(C)/C=C\C(C)C)CC2)CC1. The Balaban J connectivity index is 0.00000249. The Kier molecular flexibility index (Phi) is 15.0. The fourth-order valence-corrected chi connectivity index (χ4v) is 5.38. The summed E-state index contributed by atoms with van der Waals surface area (Å²) in [4.78, 5) is 0. The average molecular weight is 441 g/mol. The van der Waals surface area contributed by atoms with E-state index in [0.717, 1.165) is 23.7 Å². The quantitative estimate of drug-likeness (QED) is 0.247. The molecule has 0 amide bonds. The molecular formula is C32H56. The first-order valence-corrected chi connectivity index (χ1v) is 14.0. The molecule has 2 saturated carbocycles. The Morgan fingerprint density at radius 2 is 1.28 bits per heavy atom. The topological polar surface area (TPSA) is 0 Å². The van der Waals surface area contributed by atoms with Gasteiger partial charge in [0.1, 0.15) is 0 Å². The van der Waals surface area contributed by atoms with Crippen molar-refractivity contribution in [3.8, 4) is 0 Å². The minimum absolute atomic E-state index is 0.584. The van der Waals surface area contributed by atoms with E-state index in [2.05, 4.69) is 78.0 Å². The highest BCUT2D eigenvalue weighted by atomic mass is 14.4. The summed E-state index contributed by atoms with van der Waals surface area (Å²) in [7, 11) is 0. The molecule has 0 saturated heterocycles. The molecule has 2 aliphatic carbocycles. The van der Waals surface area contributed by atoms with Gasteiger partial charge in [-0.15, -0.1) is 0 Å². The molecule has 1 atom stereocenters. The molecule has 0 heterocycles. The molecule has 0 nitrogen and oxygen atoms in total. The average Bonchev–Trinajstić information content (AvgIpc) is 2.80. The molecule has 0 aromatic carbocycles. The van der Waals surface area contributed by atoms with Gasteiger partial charge in [-0.05, 0) is 108 Å². The summed E-state index contributed by atoms with van der Waals surface area (Å²) < 4.78 is 0. The van der Waals surface area contributed by atoms with E-state index in [0.29, 0.717) is 11.8 Å². The van der Waals surface area contributed by atoms with Crippen LogP contribution in [0, 0.1) is 35.5 Å². The predicted octanol–water partition coefficient (Wildman–Crippen LogP) is 10.7. The maximum Gasteiger partial charge on any atom is -0.00817 e. The summed E-state index contributed by atoms with van der Waals surface area (Å²) in [5, 5.41) is 0. The molecule has 0 aromatic rings. The van der Waals surface area contributed by atoms with Gasteiger partial charge >= 0.3 is 0 Å². The summed E-state index contributed by atoms with van der Waals surface area (Å²) in [6, 6.07) is 0. The van der Waals surface area contributed by atoms with E-state index in [1.54, 1.807) is 5.57 Å². The van der Waals surface area contributed by atoms with Gasteiger partial charge in [0, 0.05) is 0 Å². The van der Waals surface area contributed by atoms with E-state index < -0.39 is 0 Å². The third kappa shape index (κ3) is 12.3. The second kappa shape index (κ2) is 16.6. The normalized spacial score (nSPS) is 28.0. The van der Waals surface area contributed by atoms with Gasteiger partial charge in [0.05, 0.1) is 0 Å². The van der Waals surface area contributed by atoms with E-state index >= 15 is 0 Å². The first-order chi connectivity index (χ1) is 15.3. The Morgan fingerprint density at radius 1 is 0.719 bits per heavy atom. The lowest BCUT2D eigenvalue weighted by Gasteiger charge is -2.37. The summed E-state index contributed by atoms with van der Waals surface area (Å²) in [6.45, 7) is 17.5. The highest BCUT2D eigenvalue weighted by molar-refractivity contribution is 5.14. The van der Waals surface area contributed by atoms with Crippen LogP contribution in [-0.2, 0) is 0 Å². The van der Waals surface area contributed by atoms with Gasteiger partial charge in [-0.3, -0.25) is 0 Å². The van der Waals surface area contributed by atoms with Crippen molar-refractivity contribution in [2.24, 2.45) is 35.5 Å². The maximum absolute atomic E-state index is 2.54. The molecule has 2 fully saturated rings. The smallest absolute Gasteiger partial charge is 0.00817 e. The second-order valence-electron chi connectivity index (χ2n) is 11.1. The van der Waals surface area contributed by atoms with E-state index in [1.807, 2.05) is 13.8 Å². The van der Waals surface area contributed by atoms with Gasteiger partial charge in [-0.2, -0.15) is 0 Å². The molecule has 0 N–H and O–H groups in total. The molecule has 0 spiro atoms. The van der Waals surface area contributed by atoms with Crippen LogP contribution in [0.2, 0.25) is 0 Å². The van der Waals surface area contributed by atoms with Crippen LogP contribution in [0.4, 0.5) is 0 Å². The van der Waals surface area contributed by atoms with Gasteiger partial charge in [0.15, 0.2) is 0 Å². The molecule has 2 aliphatic rings. The third-order valence-electron chi connectivity index (χ3n) is 7.51. The molecular weight excluding hydrogens is 384 g/mol. The van der Waals surface area contributed by atoms with Crippen molar-refractivity contribution >= 4 is 0 Å². The van der Waals surface area contributed by atoms with Gasteiger partial charge < -0.3 is 0 Å². The Bertz CT molecular complexity index is 580. The van der Waals surface area contributed by atoms with Crippen LogP contribution in [0.15, 0.2) is 47.6 Å². The summed E-state index contributed by atoms with van der Waals surface area (Å²) in [5.74, 6) is 5.11. The first-order valence-electron chi connectivity index (χ1n) is 14.0. The second-order valence-corrected chi connectivity index (χ2v) is 11.1. The Hall–Kier alpha value is -1.04. The van der Waals surface area contributed by atoms with Crippen molar-refractivity contribution in [1.29, 1.82) is 0 Å². The minimum Gasteiger partial charge on any atom is -0.0854 e. The standard InChI is InChI=1S/C30H50.C2H6/c1-23(2)7-9-25(5)11-13-27-15-19-29(20-16-27)30-21-17-28(18-22-30)14-12-26(6)10-8-24(3)4;1-2/h7-11,13,23,25,27-30H,12,14-22H2,1-6H3;1-2H3/b9-7-,13-11+,26-10+;. The Labute approximate surface area is 202 Å². The van der Waals surface area contributed by atoms with Crippen molar-refractivity contribution in [3.05, 3.63) is 47.6 Å². The van der Waals surface area contributed by atoms with Crippen molar-refractivity contribution in [3.63, 3.8) is 0 Å². The van der Waals surface area contributed by atoms with Crippen molar-refractivity contribution in [2.75, 3.05) is 0 Å². The van der Waals surface area contributed by atoms with Gasteiger partial charge in [0.25, 0.3) is 0 Å². The molecule has 0 aromatic heterocycles. The van der Waals surface area contributed by atoms with Crippen LogP contribution in [0.25, 0.3) is 0 Å². The lowest BCUT2D eigenvalue weighted by Crippen LogP contribution is -2.25. The largest absolute Gasteiger partial charge is 0.0854 e. The molecule has 32 heavy (non-hydrogen) atoms. The summed E-state index contributed by atoms with van der Waals surface area (Å²) in [5.41, 5.74) is 2.95. The number of allylic oxidation sites excluding steroid dienone is 8. The van der Waals surface area contributed by atoms with Crippen molar-refractivity contribution < 1.29 is 0 Å². The number of rotatable bonds is 9. The van der Waals surface area contributed by atoms with E-state index in [4.69, 9.17) is 0 Å². The fourth-order valence-electron chi connectivity index (χ4n) is 5.38. The van der Waals surface area contributed by atoms with E-state index in [9.17, 15) is 0 Å².